The first kappa shape index (κ1) is 15.6. The van der Waals surface area contributed by atoms with E-state index >= 15 is 0 Å². The number of amides is 1. The maximum Gasteiger partial charge on any atom is 0.238 e. The minimum absolute atomic E-state index is 0.00711. The molecule has 6 nitrogen and oxygen atoms in total. The van der Waals surface area contributed by atoms with E-state index in [1.807, 2.05) is 48.3 Å². The molecule has 1 unspecified atom stereocenters. The largest absolute Gasteiger partial charge is 0.497 e. The van der Waals surface area contributed by atoms with Crippen LogP contribution in [-0.2, 0) is 11.8 Å². The summed E-state index contributed by atoms with van der Waals surface area (Å²) >= 11 is 0. The molecule has 0 radical (unpaired) electrons. The number of methoxy groups -OCH3 is 1. The van der Waals surface area contributed by atoms with Gasteiger partial charge in [-0.15, -0.1) is 0 Å². The highest BCUT2D eigenvalue weighted by atomic mass is 16.5. The molecule has 0 bridgehead atoms. The lowest BCUT2D eigenvalue weighted by Gasteiger charge is -2.24. The van der Waals surface area contributed by atoms with Crippen LogP contribution < -0.4 is 10.1 Å². The van der Waals surface area contributed by atoms with Gasteiger partial charge in [-0.2, -0.15) is 5.10 Å². The molecule has 1 aromatic heterocycles. The van der Waals surface area contributed by atoms with Crippen molar-refractivity contribution >= 4 is 11.6 Å². The SMILES string of the molecule is COc1cccc(NC(=O)CN2CCCC2c2ccnn2C)c1. The Labute approximate surface area is 136 Å². The van der Waals surface area contributed by atoms with E-state index in [1.54, 1.807) is 7.11 Å². The van der Waals surface area contributed by atoms with Gasteiger partial charge in [-0.25, -0.2) is 0 Å². The van der Waals surface area contributed by atoms with Crippen LogP contribution in [0.15, 0.2) is 36.5 Å². The molecule has 0 spiro atoms. The third-order valence-corrected chi connectivity index (χ3v) is 4.26. The van der Waals surface area contributed by atoms with Crippen LogP contribution in [0.1, 0.15) is 24.6 Å². The lowest BCUT2D eigenvalue weighted by molar-refractivity contribution is -0.117. The zero-order chi connectivity index (χ0) is 16.2. The maximum atomic E-state index is 12.4. The van der Waals surface area contributed by atoms with Crippen LogP contribution in [0.4, 0.5) is 5.69 Å². The number of hydrogen-bond donors (Lipinski definition) is 1. The van der Waals surface area contributed by atoms with Gasteiger partial charge in [-0.05, 0) is 37.6 Å². The van der Waals surface area contributed by atoms with E-state index in [0.717, 1.165) is 36.5 Å². The number of carbonyl (C=O) groups is 1. The average Bonchev–Trinajstić information content (AvgIpc) is 3.15. The number of carbonyl (C=O) groups excluding carboxylic acids is 1. The predicted octanol–water partition coefficient (Wildman–Crippen LogP) is 2.20. The van der Waals surface area contributed by atoms with Crippen LogP contribution in [0.2, 0.25) is 0 Å². The fourth-order valence-corrected chi connectivity index (χ4v) is 3.15. The van der Waals surface area contributed by atoms with Crippen molar-refractivity contribution in [2.45, 2.75) is 18.9 Å². The monoisotopic (exact) mass is 314 g/mol. The average molecular weight is 314 g/mol. The van der Waals surface area contributed by atoms with E-state index in [9.17, 15) is 4.79 Å². The molecule has 1 saturated heterocycles. The van der Waals surface area contributed by atoms with Crippen LogP contribution in [0.3, 0.4) is 0 Å². The fraction of sp³-hybridized carbons (Fsp3) is 0.412. The summed E-state index contributed by atoms with van der Waals surface area (Å²) in [4.78, 5) is 14.6. The van der Waals surface area contributed by atoms with Crippen molar-refractivity contribution in [2.75, 3.05) is 25.5 Å². The summed E-state index contributed by atoms with van der Waals surface area (Å²) in [5, 5.41) is 7.18. The van der Waals surface area contributed by atoms with Gasteiger partial charge in [0, 0.05) is 25.0 Å². The van der Waals surface area contributed by atoms with Gasteiger partial charge in [-0.1, -0.05) is 6.07 Å². The maximum absolute atomic E-state index is 12.4. The number of hydrogen-bond acceptors (Lipinski definition) is 4. The minimum Gasteiger partial charge on any atom is -0.497 e. The Bertz CT molecular complexity index is 683. The Hall–Kier alpha value is -2.34. The molecule has 1 N–H and O–H groups in total. The quantitative estimate of drug-likeness (QED) is 0.919. The number of likely N-dealkylation sites (tertiary alicyclic amines) is 1. The predicted molar refractivity (Wildman–Crippen MR) is 88.4 cm³/mol. The number of ether oxygens (including phenoxy) is 1. The van der Waals surface area contributed by atoms with Gasteiger partial charge in [0.15, 0.2) is 0 Å². The highest BCUT2D eigenvalue weighted by molar-refractivity contribution is 5.92. The van der Waals surface area contributed by atoms with Gasteiger partial charge >= 0.3 is 0 Å². The van der Waals surface area contributed by atoms with Crippen molar-refractivity contribution in [1.29, 1.82) is 0 Å². The summed E-state index contributed by atoms with van der Waals surface area (Å²) in [5.41, 5.74) is 1.92. The molecule has 0 aliphatic carbocycles. The highest BCUT2D eigenvalue weighted by Crippen LogP contribution is 2.31. The van der Waals surface area contributed by atoms with Gasteiger partial charge in [0.1, 0.15) is 5.75 Å². The van der Waals surface area contributed by atoms with Crippen LogP contribution in [-0.4, -0.2) is 40.8 Å². The molecule has 1 aliphatic heterocycles. The summed E-state index contributed by atoms with van der Waals surface area (Å²) in [7, 11) is 3.56. The first-order valence-corrected chi connectivity index (χ1v) is 7.83. The topological polar surface area (TPSA) is 59.4 Å². The van der Waals surface area contributed by atoms with Gasteiger partial charge in [0.25, 0.3) is 0 Å². The smallest absolute Gasteiger partial charge is 0.238 e. The molecule has 1 atom stereocenters. The first-order chi connectivity index (χ1) is 11.2. The Morgan fingerprint density at radius 1 is 1.43 bits per heavy atom. The molecule has 0 saturated carbocycles. The number of aryl methyl sites for hydroxylation is 1. The second-order valence-corrected chi connectivity index (χ2v) is 5.79. The molecular weight excluding hydrogens is 292 g/mol. The zero-order valence-electron chi connectivity index (χ0n) is 13.5. The summed E-state index contributed by atoms with van der Waals surface area (Å²) in [6.07, 6.45) is 3.97. The van der Waals surface area contributed by atoms with Gasteiger partial charge in [0.2, 0.25) is 5.91 Å². The molecule has 2 aromatic rings. The second-order valence-electron chi connectivity index (χ2n) is 5.79. The van der Waals surface area contributed by atoms with E-state index < -0.39 is 0 Å². The van der Waals surface area contributed by atoms with E-state index in [2.05, 4.69) is 15.3 Å². The molecule has 1 aromatic carbocycles. The Kier molecular flexibility index (Phi) is 4.62. The van der Waals surface area contributed by atoms with Crippen LogP contribution in [0.5, 0.6) is 5.75 Å². The van der Waals surface area contributed by atoms with E-state index in [0.29, 0.717) is 6.54 Å². The molecule has 1 amide bonds. The third-order valence-electron chi connectivity index (χ3n) is 4.26. The number of aromatic nitrogens is 2. The minimum atomic E-state index is -0.00711. The molecule has 23 heavy (non-hydrogen) atoms. The summed E-state index contributed by atoms with van der Waals surface area (Å²) in [6.45, 7) is 1.31. The number of rotatable bonds is 5. The summed E-state index contributed by atoms with van der Waals surface area (Å²) < 4.78 is 7.07. The normalized spacial score (nSPS) is 18.1. The van der Waals surface area contributed by atoms with Crippen LogP contribution in [0, 0.1) is 0 Å². The Balaban J connectivity index is 1.64. The standard InChI is InChI=1S/C17H22N4O2/c1-20-15(8-9-18-20)16-7-4-10-21(16)12-17(22)19-13-5-3-6-14(11-13)23-2/h3,5-6,8-9,11,16H,4,7,10,12H2,1-2H3,(H,19,22). The summed E-state index contributed by atoms with van der Waals surface area (Å²) in [5.74, 6) is 0.726. The van der Waals surface area contributed by atoms with E-state index in [4.69, 9.17) is 4.74 Å². The molecule has 6 heteroatoms. The van der Waals surface area contributed by atoms with Crippen molar-refractivity contribution in [3.63, 3.8) is 0 Å². The molecule has 3 rings (SSSR count). The molecule has 2 heterocycles. The third kappa shape index (κ3) is 3.53. The van der Waals surface area contributed by atoms with Crippen LogP contribution >= 0.6 is 0 Å². The lowest BCUT2D eigenvalue weighted by atomic mass is 10.1. The van der Waals surface area contributed by atoms with Crippen LogP contribution in [0.25, 0.3) is 0 Å². The zero-order valence-corrected chi connectivity index (χ0v) is 13.5. The number of anilines is 1. The van der Waals surface area contributed by atoms with E-state index in [-0.39, 0.29) is 11.9 Å². The van der Waals surface area contributed by atoms with Crippen molar-refractivity contribution in [2.24, 2.45) is 7.05 Å². The van der Waals surface area contributed by atoms with Crippen molar-refractivity contribution in [3.8, 4) is 5.75 Å². The summed E-state index contributed by atoms with van der Waals surface area (Å²) in [6, 6.07) is 9.70. The Morgan fingerprint density at radius 3 is 3.04 bits per heavy atom. The second kappa shape index (κ2) is 6.83. The highest BCUT2D eigenvalue weighted by Gasteiger charge is 2.29. The molecule has 1 aliphatic rings. The molecule has 1 fully saturated rings. The molecule has 122 valence electrons. The number of nitrogens with one attached hydrogen (secondary N) is 1. The van der Waals surface area contributed by atoms with Crippen molar-refractivity contribution in [3.05, 3.63) is 42.2 Å². The number of benzene rings is 1. The molecular formula is C17H22N4O2. The van der Waals surface area contributed by atoms with E-state index in [1.165, 1.54) is 0 Å². The lowest BCUT2D eigenvalue weighted by Crippen LogP contribution is -2.33. The first-order valence-electron chi connectivity index (χ1n) is 7.83. The van der Waals surface area contributed by atoms with Gasteiger partial charge < -0.3 is 10.1 Å². The number of nitrogens with zero attached hydrogens (tertiary/aromatic N) is 3. The van der Waals surface area contributed by atoms with Crippen molar-refractivity contribution in [1.82, 2.24) is 14.7 Å². The van der Waals surface area contributed by atoms with Crippen molar-refractivity contribution < 1.29 is 9.53 Å². The fourth-order valence-electron chi connectivity index (χ4n) is 3.15. The van der Waals surface area contributed by atoms with Gasteiger partial charge in [0.05, 0.1) is 25.4 Å². The Morgan fingerprint density at radius 2 is 2.30 bits per heavy atom. The van der Waals surface area contributed by atoms with Gasteiger partial charge in [-0.3, -0.25) is 14.4 Å².